The van der Waals surface area contributed by atoms with Gasteiger partial charge in [0.15, 0.2) is 0 Å². The molecule has 1 heterocycles. The quantitative estimate of drug-likeness (QED) is 0.882. The molecule has 3 N–H and O–H groups in total. The minimum atomic E-state index is 0.0388. The highest BCUT2D eigenvalue weighted by molar-refractivity contribution is 6.32. The second kappa shape index (κ2) is 4.02. The van der Waals surface area contributed by atoms with Crippen molar-refractivity contribution in [3.05, 3.63) is 28.3 Å². The fourth-order valence-electron chi connectivity index (χ4n) is 5.60. The minimum absolute atomic E-state index is 0.0388. The van der Waals surface area contributed by atoms with Crippen LogP contribution in [0.2, 0.25) is 5.02 Å². The minimum Gasteiger partial charge on any atom is -0.325 e. The van der Waals surface area contributed by atoms with Gasteiger partial charge in [0.25, 0.3) is 0 Å². The molecule has 110 valence electrons. The van der Waals surface area contributed by atoms with Crippen molar-refractivity contribution in [3.8, 4) is 0 Å². The van der Waals surface area contributed by atoms with E-state index in [9.17, 15) is 4.79 Å². The zero-order chi connectivity index (χ0) is 14.3. The highest BCUT2D eigenvalue weighted by Gasteiger charge is 2.66. The lowest BCUT2D eigenvalue weighted by molar-refractivity contribution is -0.115. The second-order valence-corrected chi connectivity index (χ2v) is 7.75. The van der Waals surface area contributed by atoms with Gasteiger partial charge in [-0.15, -0.1) is 0 Å². The summed E-state index contributed by atoms with van der Waals surface area (Å²) in [5, 5.41) is 3.56. The molecule has 0 radical (unpaired) electrons. The molecule has 4 aliphatic rings. The van der Waals surface area contributed by atoms with Crippen molar-refractivity contribution in [2.75, 3.05) is 5.32 Å². The summed E-state index contributed by atoms with van der Waals surface area (Å²) in [6.07, 6.45) is 4.71. The van der Waals surface area contributed by atoms with E-state index in [0.29, 0.717) is 17.4 Å². The first-order chi connectivity index (χ1) is 10.1. The summed E-state index contributed by atoms with van der Waals surface area (Å²) < 4.78 is 0. The predicted octanol–water partition coefficient (Wildman–Crippen LogP) is 3.13. The summed E-state index contributed by atoms with van der Waals surface area (Å²) in [5.74, 6) is 4.22. The molecule has 2 bridgehead atoms. The van der Waals surface area contributed by atoms with Crippen LogP contribution < -0.4 is 11.1 Å². The number of hydrogen-bond donors (Lipinski definition) is 2. The smallest absolute Gasteiger partial charge is 0.228 e. The number of nitrogens with two attached hydrogens (primary N) is 1. The molecular formula is C17H19ClN2O. The molecule has 3 aliphatic carbocycles. The third kappa shape index (κ3) is 1.62. The van der Waals surface area contributed by atoms with E-state index in [1.165, 1.54) is 19.3 Å². The number of halogens is 1. The number of rotatable bonds is 2. The average Bonchev–Trinajstić information content (AvgIpc) is 2.75. The third-order valence-corrected chi connectivity index (χ3v) is 6.74. The molecule has 1 aromatic carbocycles. The largest absolute Gasteiger partial charge is 0.325 e. The van der Waals surface area contributed by atoms with E-state index >= 15 is 0 Å². The molecule has 1 aromatic rings. The fraction of sp³-hybridized carbons (Fsp3) is 0.588. The number of nitrogens with one attached hydrogen (secondary N) is 1. The van der Waals surface area contributed by atoms with E-state index in [4.69, 9.17) is 17.3 Å². The van der Waals surface area contributed by atoms with Crippen molar-refractivity contribution in [2.45, 2.75) is 31.7 Å². The van der Waals surface area contributed by atoms with Gasteiger partial charge in [0.05, 0.1) is 6.42 Å². The van der Waals surface area contributed by atoms with Crippen LogP contribution in [-0.2, 0) is 11.2 Å². The van der Waals surface area contributed by atoms with Crippen molar-refractivity contribution in [3.63, 3.8) is 0 Å². The maximum absolute atomic E-state index is 11.5. The predicted molar refractivity (Wildman–Crippen MR) is 82.0 cm³/mol. The summed E-state index contributed by atoms with van der Waals surface area (Å²) in [7, 11) is 0. The molecule has 3 nitrogen and oxygen atoms in total. The van der Waals surface area contributed by atoms with Crippen molar-refractivity contribution < 1.29 is 4.79 Å². The summed E-state index contributed by atoms with van der Waals surface area (Å²) in [5.41, 5.74) is 9.53. The Morgan fingerprint density at radius 3 is 2.67 bits per heavy atom. The van der Waals surface area contributed by atoms with Crippen LogP contribution in [0.4, 0.5) is 5.69 Å². The lowest BCUT2D eigenvalue weighted by atomic mass is 9.92. The molecule has 3 fully saturated rings. The summed E-state index contributed by atoms with van der Waals surface area (Å²) in [6, 6.07) is 3.98. The first-order valence-corrected chi connectivity index (χ1v) is 8.39. The van der Waals surface area contributed by atoms with Crippen LogP contribution in [0.15, 0.2) is 12.1 Å². The molecule has 5 unspecified atom stereocenters. The first kappa shape index (κ1) is 12.5. The Morgan fingerprint density at radius 1 is 1.24 bits per heavy atom. The molecule has 4 heteroatoms. The Balaban J connectivity index is 1.46. The third-order valence-electron chi connectivity index (χ3n) is 6.42. The van der Waals surface area contributed by atoms with Crippen molar-refractivity contribution in [1.29, 1.82) is 0 Å². The van der Waals surface area contributed by atoms with Crippen molar-refractivity contribution in [1.82, 2.24) is 0 Å². The number of anilines is 1. The normalized spacial score (nSPS) is 39.9. The van der Waals surface area contributed by atoms with Crippen LogP contribution in [0.5, 0.6) is 0 Å². The molecule has 1 amide bonds. The van der Waals surface area contributed by atoms with E-state index < -0.39 is 0 Å². The number of benzene rings is 1. The molecule has 0 spiro atoms. The highest BCUT2D eigenvalue weighted by Crippen LogP contribution is 2.72. The summed E-state index contributed by atoms with van der Waals surface area (Å²) in [4.78, 5) is 11.5. The molecule has 0 aromatic heterocycles. The van der Waals surface area contributed by atoms with Gasteiger partial charge in [-0.25, -0.2) is 0 Å². The lowest BCUT2D eigenvalue weighted by Crippen LogP contribution is -2.18. The molecular weight excluding hydrogens is 284 g/mol. The molecule has 0 saturated heterocycles. The Morgan fingerprint density at radius 2 is 1.95 bits per heavy atom. The monoisotopic (exact) mass is 302 g/mol. The van der Waals surface area contributed by atoms with Crippen molar-refractivity contribution in [2.24, 2.45) is 35.3 Å². The van der Waals surface area contributed by atoms with Crippen LogP contribution in [0.25, 0.3) is 0 Å². The van der Waals surface area contributed by atoms with E-state index in [-0.39, 0.29) is 11.9 Å². The SMILES string of the molecule is NC(c1cc2c(cc1Cl)NC(=O)C2)C1C2C3CCC(C3)C21. The van der Waals surface area contributed by atoms with Crippen LogP contribution in [0.3, 0.4) is 0 Å². The highest BCUT2D eigenvalue weighted by atomic mass is 35.5. The Hall–Kier alpha value is -1.06. The van der Waals surface area contributed by atoms with E-state index in [2.05, 4.69) is 11.4 Å². The van der Waals surface area contributed by atoms with E-state index in [1.807, 2.05) is 6.07 Å². The van der Waals surface area contributed by atoms with Gasteiger partial charge >= 0.3 is 0 Å². The number of fused-ring (bicyclic) bond motifs is 6. The number of amides is 1. The Bertz CT molecular complexity index is 642. The van der Waals surface area contributed by atoms with Crippen molar-refractivity contribution >= 4 is 23.2 Å². The van der Waals surface area contributed by atoms with Gasteiger partial charge in [0.1, 0.15) is 0 Å². The van der Waals surface area contributed by atoms with E-state index in [0.717, 1.165) is 40.5 Å². The molecule has 1 aliphatic heterocycles. The van der Waals surface area contributed by atoms with Gasteiger partial charge in [-0.05, 0) is 66.0 Å². The van der Waals surface area contributed by atoms with Gasteiger partial charge in [-0.2, -0.15) is 0 Å². The van der Waals surface area contributed by atoms with Gasteiger partial charge in [0, 0.05) is 16.8 Å². The number of carbonyl (C=O) groups is 1. The number of carbonyl (C=O) groups excluding carboxylic acids is 1. The number of hydrogen-bond acceptors (Lipinski definition) is 2. The zero-order valence-corrected chi connectivity index (χ0v) is 12.6. The molecule has 21 heavy (non-hydrogen) atoms. The molecule has 3 saturated carbocycles. The van der Waals surface area contributed by atoms with Gasteiger partial charge in [-0.3, -0.25) is 4.79 Å². The zero-order valence-electron chi connectivity index (χ0n) is 11.8. The van der Waals surface area contributed by atoms with Gasteiger partial charge in [0.2, 0.25) is 5.91 Å². The molecule has 5 atom stereocenters. The van der Waals surface area contributed by atoms with Crippen LogP contribution in [0.1, 0.15) is 36.4 Å². The maximum Gasteiger partial charge on any atom is 0.228 e. The second-order valence-electron chi connectivity index (χ2n) is 7.35. The Labute approximate surface area is 129 Å². The molecule has 5 rings (SSSR count). The van der Waals surface area contributed by atoms with Crippen LogP contribution >= 0.6 is 11.6 Å². The summed E-state index contributed by atoms with van der Waals surface area (Å²) >= 11 is 6.44. The average molecular weight is 303 g/mol. The fourth-order valence-corrected chi connectivity index (χ4v) is 5.89. The summed E-state index contributed by atoms with van der Waals surface area (Å²) in [6.45, 7) is 0. The Kier molecular flexibility index (Phi) is 2.39. The van der Waals surface area contributed by atoms with Gasteiger partial charge < -0.3 is 11.1 Å². The first-order valence-electron chi connectivity index (χ1n) is 8.01. The lowest BCUT2D eigenvalue weighted by Gasteiger charge is -2.18. The maximum atomic E-state index is 11.5. The van der Waals surface area contributed by atoms with Gasteiger partial charge in [-0.1, -0.05) is 17.7 Å². The topological polar surface area (TPSA) is 55.1 Å². The standard InChI is InChI=1S/C17H19ClN2O/c18-11-6-12-9(5-13(21)20-12)4-10(11)17(19)16-14-7-1-2-8(3-7)15(14)16/h4,6-8,14-17H,1-3,5,19H2,(H,20,21). The van der Waals surface area contributed by atoms with E-state index in [1.54, 1.807) is 0 Å². The van der Waals surface area contributed by atoms with Crippen LogP contribution in [0, 0.1) is 29.6 Å². The van der Waals surface area contributed by atoms with Crippen LogP contribution in [-0.4, -0.2) is 5.91 Å².